The topological polar surface area (TPSA) is 87.0 Å². The molecule has 5 aliphatic rings. The van der Waals surface area contributed by atoms with Crippen LogP contribution in [0.25, 0.3) is 0 Å². The van der Waals surface area contributed by atoms with Crippen LogP contribution in [0.4, 0.5) is 0 Å². The lowest BCUT2D eigenvalue weighted by Crippen LogP contribution is -2.30. The van der Waals surface area contributed by atoms with E-state index < -0.39 is 0 Å². The molecule has 6 aromatic rings. The summed E-state index contributed by atoms with van der Waals surface area (Å²) in [5, 5.41) is 0. The number of ether oxygens (including phenoxy) is 8. The van der Waals surface area contributed by atoms with E-state index >= 15 is 0 Å². The minimum Gasteiger partial charge on any atom is -0.487 e. The molecule has 1 saturated carbocycles. The SMILES string of the molecule is c1ccc(C2OC2COc2ccc(C3(c4ccc(OCC5OC5c5ccccc5)c(OCC5OC5c5ccccc5)c4)CCCCC3)cc2OCC2OC2c2ccccc2)cc1. The van der Waals surface area contributed by atoms with Crippen molar-refractivity contribution >= 4 is 0 Å². The van der Waals surface area contributed by atoms with Gasteiger partial charge in [-0.1, -0.05) is 153 Å². The molecular weight excluding hydrogens is 777 g/mol. The van der Waals surface area contributed by atoms with Gasteiger partial charge in [-0.2, -0.15) is 0 Å². The zero-order valence-electron chi connectivity index (χ0n) is 34.8. The van der Waals surface area contributed by atoms with Gasteiger partial charge >= 0.3 is 0 Å². The lowest BCUT2D eigenvalue weighted by molar-refractivity contribution is 0.225. The van der Waals surface area contributed by atoms with E-state index in [4.69, 9.17) is 37.9 Å². The summed E-state index contributed by atoms with van der Waals surface area (Å²) in [7, 11) is 0. The van der Waals surface area contributed by atoms with Crippen molar-refractivity contribution in [2.24, 2.45) is 0 Å². The molecule has 8 atom stereocenters. The van der Waals surface area contributed by atoms with E-state index in [1.165, 1.54) is 39.8 Å². The van der Waals surface area contributed by atoms with Gasteiger partial charge in [-0.25, -0.2) is 0 Å². The van der Waals surface area contributed by atoms with E-state index in [9.17, 15) is 0 Å². The fourth-order valence-corrected chi connectivity index (χ4v) is 9.48. The second-order valence-electron chi connectivity index (χ2n) is 17.2. The Morgan fingerprint density at radius 2 is 0.661 bits per heavy atom. The zero-order valence-corrected chi connectivity index (χ0v) is 34.8. The molecule has 1 aliphatic carbocycles. The molecule has 8 unspecified atom stereocenters. The normalized spacial score (nSPS) is 26.5. The first-order valence-electron chi connectivity index (χ1n) is 22.3. The van der Waals surface area contributed by atoms with Crippen LogP contribution < -0.4 is 18.9 Å². The molecule has 4 saturated heterocycles. The Morgan fingerprint density at radius 1 is 0.355 bits per heavy atom. The molecule has 62 heavy (non-hydrogen) atoms. The second-order valence-corrected chi connectivity index (χ2v) is 17.2. The maximum absolute atomic E-state index is 6.69. The van der Waals surface area contributed by atoms with Crippen LogP contribution in [-0.4, -0.2) is 50.8 Å². The quantitative estimate of drug-likeness (QED) is 0.0792. The number of benzene rings is 6. The molecule has 4 aliphatic heterocycles. The highest BCUT2D eigenvalue weighted by atomic mass is 16.6. The minimum atomic E-state index is -0.271. The largest absolute Gasteiger partial charge is 0.487 e. The Balaban J connectivity index is 0.865. The number of hydrogen-bond donors (Lipinski definition) is 0. The highest BCUT2D eigenvalue weighted by Crippen LogP contribution is 2.50. The Morgan fingerprint density at radius 3 is 0.984 bits per heavy atom. The van der Waals surface area contributed by atoms with Crippen LogP contribution in [0.3, 0.4) is 0 Å². The molecule has 8 nitrogen and oxygen atoms in total. The third-order valence-corrected chi connectivity index (χ3v) is 13.2. The molecule has 0 N–H and O–H groups in total. The third kappa shape index (κ3) is 8.57. The molecule has 0 amide bonds. The summed E-state index contributed by atoms with van der Waals surface area (Å²) in [6, 6.07) is 54.5. The van der Waals surface area contributed by atoms with Crippen molar-refractivity contribution in [2.75, 3.05) is 26.4 Å². The first-order valence-corrected chi connectivity index (χ1v) is 22.3. The maximum Gasteiger partial charge on any atom is 0.161 e. The molecule has 316 valence electrons. The number of epoxide rings is 4. The summed E-state index contributed by atoms with van der Waals surface area (Å²) in [4.78, 5) is 0. The minimum absolute atomic E-state index is 0.0114. The van der Waals surface area contributed by atoms with Gasteiger partial charge < -0.3 is 37.9 Å². The first kappa shape index (κ1) is 39.2. The van der Waals surface area contributed by atoms with Crippen LogP contribution in [0.15, 0.2) is 158 Å². The van der Waals surface area contributed by atoms with Crippen molar-refractivity contribution in [1.82, 2.24) is 0 Å². The van der Waals surface area contributed by atoms with Gasteiger partial charge in [0.15, 0.2) is 23.0 Å². The fraction of sp³-hybridized carbons (Fsp3) is 0.333. The average molecular weight is 829 g/mol. The smallest absolute Gasteiger partial charge is 0.161 e. The van der Waals surface area contributed by atoms with E-state index in [2.05, 4.69) is 109 Å². The second kappa shape index (κ2) is 17.3. The van der Waals surface area contributed by atoms with Crippen molar-refractivity contribution in [3.8, 4) is 23.0 Å². The molecule has 5 fully saturated rings. The summed E-state index contributed by atoms with van der Waals surface area (Å²) in [6.07, 6.45) is 5.49. The summed E-state index contributed by atoms with van der Waals surface area (Å²) in [5.41, 5.74) is 6.80. The van der Waals surface area contributed by atoms with Crippen LogP contribution in [0.2, 0.25) is 0 Å². The van der Waals surface area contributed by atoms with Crippen molar-refractivity contribution in [3.05, 3.63) is 191 Å². The first-order chi connectivity index (χ1) is 30.7. The number of rotatable bonds is 18. The Kier molecular flexibility index (Phi) is 10.9. The van der Waals surface area contributed by atoms with Crippen LogP contribution >= 0.6 is 0 Å². The summed E-state index contributed by atoms with van der Waals surface area (Å²) in [5.74, 6) is 2.86. The van der Waals surface area contributed by atoms with Gasteiger partial charge in [0, 0.05) is 5.41 Å². The Labute approximate surface area is 363 Å². The molecule has 8 heteroatoms. The molecule has 0 aromatic heterocycles. The Bertz CT molecular complexity index is 2260. The molecule has 4 heterocycles. The molecule has 0 spiro atoms. The van der Waals surface area contributed by atoms with Gasteiger partial charge in [0.2, 0.25) is 0 Å². The van der Waals surface area contributed by atoms with Gasteiger partial charge in [0.25, 0.3) is 0 Å². The van der Waals surface area contributed by atoms with Gasteiger partial charge in [0.05, 0.1) is 0 Å². The van der Waals surface area contributed by atoms with Gasteiger partial charge in [-0.05, 0) is 70.5 Å². The third-order valence-electron chi connectivity index (χ3n) is 13.2. The molecule has 11 rings (SSSR count). The Hall–Kier alpha value is -5.64. The highest BCUT2D eigenvalue weighted by molar-refractivity contribution is 5.53. The average Bonchev–Trinajstić information content (AvgIpc) is 4.13. The van der Waals surface area contributed by atoms with Crippen molar-refractivity contribution in [2.45, 2.75) is 86.4 Å². The zero-order chi connectivity index (χ0) is 41.3. The van der Waals surface area contributed by atoms with E-state index in [1.54, 1.807) is 0 Å². The molecule has 6 aromatic carbocycles. The number of hydrogen-bond acceptors (Lipinski definition) is 8. The van der Waals surface area contributed by atoms with Crippen molar-refractivity contribution in [3.63, 3.8) is 0 Å². The fourth-order valence-electron chi connectivity index (χ4n) is 9.48. The summed E-state index contributed by atoms with van der Waals surface area (Å²) >= 11 is 0. The van der Waals surface area contributed by atoms with Crippen LogP contribution in [0.1, 0.15) is 89.9 Å². The lowest BCUT2D eigenvalue weighted by Gasteiger charge is -2.39. The van der Waals surface area contributed by atoms with Crippen LogP contribution in [0, 0.1) is 0 Å². The summed E-state index contributed by atoms with van der Waals surface area (Å²) in [6.45, 7) is 1.71. The van der Waals surface area contributed by atoms with Gasteiger partial charge in [0.1, 0.15) is 75.3 Å². The lowest BCUT2D eigenvalue weighted by atomic mass is 9.65. The summed E-state index contributed by atoms with van der Waals surface area (Å²) < 4.78 is 50.8. The molecular formula is C54H52O8. The maximum atomic E-state index is 6.69. The monoisotopic (exact) mass is 828 g/mol. The van der Waals surface area contributed by atoms with E-state index in [-0.39, 0.29) is 54.2 Å². The van der Waals surface area contributed by atoms with Gasteiger partial charge in [-0.15, -0.1) is 0 Å². The highest BCUT2D eigenvalue weighted by Gasteiger charge is 2.45. The molecule has 0 radical (unpaired) electrons. The van der Waals surface area contributed by atoms with Gasteiger partial charge in [-0.3, -0.25) is 0 Å². The van der Waals surface area contributed by atoms with E-state index in [0.29, 0.717) is 37.9 Å². The predicted molar refractivity (Wildman–Crippen MR) is 235 cm³/mol. The predicted octanol–water partition coefficient (Wildman–Crippen LogP) is 11.0. The standard InChI is InChI=1S/C54H52O8/c1-6-16-36(17-7-1)50-46(59-50)32-55-42-26-24-40(30-44(42)57-34-48-52(61-48)38-20-10-3-11-21-38)54(28-14-5-15-29-54)41-25-27-43(56-33-47-51(60-47)37-18-8-2-9-19-37)45(31-41)58-35-49-53(62-49)39-22-12-4-13-23-39/h1-4,6-13,16-27,30-31,46-53H,5,14-15,28-29,32-35H2. The van der Waals surface area contributed by atoms with Crippen molar-refractivity contribution in [1.29, 1.82) is 0 Å². The van der Waals surface area contributed by atoms with E-state index in [0.717, 1.165) is 37.2 Å². The molecule has 0 bridgehead atoms. The van der Waals surface area contributed by atoms with Crippen LogP contribution in [0.5, 0.6) is 23.0 Å². The van der Waals surface area contributed by atoms with E-state index in [1.807, 2.05) is 48.5 Å². The van der Waals surface area contributed by atoms with Crippen LogP contribution in [-0.2, 0) is 24.4 Å². The van der Waals surface area contributed by atoms with Crippen molar-refractivity contribution < 1.29 is 37.9 Å².